The molecule has 4 nitrogen and oxygen atoms in total. The fraction of sp³-hybridized carbons (Fsp3) is 0.929. The Bertz CT molecular complexity index is 237. The summed E-state index contributed by atoms with van der Waals surface area (Å²) in [7, 11) is 0. The van der Waals surface area contributed by atoms with Crippen LogP contribution in [0.15, 0.2) is 0 Å². The first-order valence-corrected chi connectivity index (χ1v) is 7.09. The van der Waals surface area contributed by atoms with Crippen molar-refractivity contribution in [2.45, 2.75) is 52.1 Å². The van der Waals surface area contributed by atoms with E-state index >= 15 is 0 Å². The summed E-state index contributed by atoms with van der Waals surface area (Å²) in [5.74, 6) is 0.697. The maximum Gasteiger partial charge on any atom is 0.306 e. The van der Waals surface area contributed by atoms with Crippen molar-refractivity contribution in [3.05, 3.63) is 0 Å². The van der Waals surface area contributed by atoms with Gasteiger partial charge in [-0.05, 0) is 37.6 Å². The fourth-order valence-corrected chi connectivity index (χ4v) is 2.40. The van der Waals surface area contributed by atoms with E-state index in [-0.39, 0.29) is 11.9 Å². The molecular weight excluding hydrogens is 230 g/mol. The predicted molar refractivity (Wildman–Crippen MR) is 71.2 cm³/mol. The van der Waals surface area contributed by atoms with E-state index in [0.29, 0.717) is 31.6 Å². The lowest BCUT2D eigenvalue weighted by atomic mass is 9.94. The molecule has 1 rings (SSSR count). The molecule has 0 aromatic heterocycles. The number of ether oxygens (including phenoxy) is 2. The van der Waals surface area contributed by atoms with Crippen molar-refractivity contribution in [3.8, 4) is 0 Å². The Labute approximate surface area is 110 Å². The first-order chi connectivity index (χ1) is 8.61. The third-order valence-electron chi connectivity index (χ3n) is 3.32. The Morgan fingerprint density at radius 1 is 1.50 bits per heavy atom. The molecule has 106 valence electrons. The van der Waals surface area contributed by atoms with Crippen molar-refractivity contribution in [3.63, 3.8) is 0 Å². The Morgan fingerprint density at radius 2 is 2.28 bits per heavy atom. The van der Waals surface area contributed by atoms with E-state index in [1.165, 1.54) is 0 Å². The third kappa shape index (κ3) is 6.36. The molecule has 0 aromatic rings. The molecule has 1 fully saturated rings. The smallest absolute Gasteiger partial charge is 0.306 e. The minimum absolute atomic E-state index is 0.121. The van der Waals surface area contributed by atoms with Crippen LogP contribution in [0.4, 0.5) is 0 Å². The number of carbonyl (C=O) groups excluding carboxylic acids is 1. The van der Waals surface area contributed by atoms with Gasteiger partial charge in [0.15, 0.2) is 0 Å². The lowest BCUT2D eigenvalue weighted by Crippen LogP contribution is -2.22. The second-order valence-electron chi connectivity index (χ2n) is 5.58. The summed E-state index contributed by atoms with van der Waals surface area (Å²) in [4.78, 5) is 11.6. The zero-order chi connectivity index (χ0) is 13.4. The highest BCUT2D eigenvalue weighted by Crippen LogP contribution is 2.17. The quantitative estimate of drug-likeness (QED) is 0.676. The van der Waals surface area contributed by atoms with Crippen LogP contribution in [-0.4, -0.2) is 31.8 Å². The van der Waals surface area contributed by atoms with Gasteiger partial charge in [-0.15, -0.1) is 0 Å². The molecule has 1 aliphatic heterocycles. The van der Waals surface area contributed by atoms with Crippen LogP contribution >= 0.6 is 0 Å². The Kier molecular flexibility index (Phi) is 7.28. The van der Waals surface area contributed by atoms with E-state index in [0.717, 1.165) is 32.3 Å². The monoisotopic (exact) mass is 257 g/mol. The summed E-state index contributed by atoms with van der Waals surface area (Å²) < 4.78 is 10.7. The molecule has 0 amide bonds. The van der Waals surface area contributed by atoms with Crippen molar-refractivity contribution in [2.75, 3.05) is 19.8 Å². The Hall–Kier alpha value is -0.610. The van der Waals surface area contributed by atoms with Gasteiger partial charge in [0.25, 0.3) is 0 Å². The molecule has 4 heteroatoms. The zero-order valence-corrected chi connectivity index (χ0v) is 11.7. The van der Waals surface area contributed by atoms with Crippen molar-refractivity contribution in [1.82, 2.24) is 0 Å². The molecule has 0 aromatic carbocycles. The van der Waals surface area contributed by atoms with Crippen molar-refractivity contribution in [1.29, 1.82) is 0 Å². The molecule has 2 atom stereocenters. The SMILES string of the molecule is CC(C)C[C@H](CN)CC(=O)OCC[C@H]1CCCO1. The van der Waals surface area contributed by atoms with Gasteiger partial charge in [0, 0.05) is 19.4 Å². The minimum atomic E-state index is -0.121. The molecule has 18 heavy (non-hydrogen) atoms. The normalized spacial score (nSPS) is 21.2. The van der Waals surface area contributed by atoms with Gasteiger partial charge in [-0.25, -0.2) is 0 Å². The highest BCUT2D eigenvalue weighted by Gasteiger charge is 2.18. The van der Waals surface area contributed by atoms with Crippen molar-refractivity contribution in [2.24, 2.45) is 17.6 Å². The number of hydrogen-bond donors (Lipinski definition) is 1. The third-order valence-corrected chi connectivity index (χ3v) is 3.32. The first kappa shape index (κ1) is 15.4. The lowest BCUT2D eigenvalue weighted by Gasteiger charge is -2.16. The van der Waals surface area contributed by atoms with Gasteiger partial charge < -0.3 is 15.2 Å². The van der Waals surface area contributed by atoms with Gasteiger partial charge >= 0.3 is 5.97 Å². The first-order valence-electron chi connectivity index (χ1n) is 7.09. The number of hydrogen-bond acceptors (Lipinski definition) is 4. The maximum atomic E-state index is 11.6. The van der Waals surface area contributed by atoms with Crippen LogP contribution in [0, 0.1) is 11.8 Å². The largest absolute Gasteiger partial charge is 0.466 e. The summed E-state index contributed by atoms with van der Waals surface area (Å²) in [6.07, 6.45) is 4.76. The van der Waals surface area contributed by atoms with Crippen molar-refractivity contribution >= 4 is 5.97 Å². The van der Waals surface area contributed by atoms with Crippen LogP contribution in [0.25, 0.3) is 0 Å². The lowest BCUT2D eigenvalue weighted by molar-refractivity contribution is -0.145. The Morgan fingerprint density at radius 3 is 2.83 bits per heavy atom. The van der Waals surface area contributed by atoms with Crippen LogP contribution in [0.5, 0.6) is 0 Å². The van der Waals surface area contributed by atoms with Gasteiger partial charge in [-0.2, -0.15) is 0 Å². The summed E-state index contributed by atoms with van der Waals surface area (Å²) in [5.41, 5.74) is 5.67. The molecule has 0 spiro atoms. The van der Waals surface area contributed by atoms with E-state index < -0.39 is 0 Å². The molecular formula is C14H27NO3. The van der Waals surface area contributed by atoms with E-state index in [2.05, 4.69) is 13.8 Å². The van der Waals surface area contributed by atoms with Gasteiger partial charge in [0.05, 0.1) is 12.7 Å². The molecule has 0 unspecified atom stereocenters. The highest BCUT2D eigenvalue weighted by atomic mass is 16.5. The molecule has 1 saturated heterocycles. The average Bonchev–Trinajstić information content (AvgIpc) is 2.80. The summed E-state index contributed by atoms with van der Waals surface area (Å²) in [6, 6.07) is 0. The molecule has 2 N–H and O–H groups in total. The Balaban J connectivity index is 2.11. The standard InChI is InChI=1S/C14H27NO3/c1-11(2)8-12(10-15)9-14(16)18-7-5-13-4-3-6-17-13/h11-13H,3-10,15H2,1-2H3/t12-,13+/m0/s1. The topological polar surface area (TPSA) is 61.6 Å². The number of nitrogens with two attached hydrogens (primary N) is 1. The fourth-order valence-electron chi connectivity index (χ4n) is 2.40. The van der Waals surface area contributed by atoms with E-state index in [9.17, 15) is 4.79 Å². The minimum Gasteiger partial charge on any atom is -0.466 e. The number of carbonyl (C=O) groups is 1. The molecule has 0 radical (unpaired) electrons. The average molecular weight is 257 g/mol. The van der Waals surface area contributed by atoms with Crippen LogP contribution in [0.1, 0.15) is 46.0 Å². The maximum absolute atomic E-state index is 11.6. The van der Waals surface area contributed by atoms with Crippen LogP contribution in [-0.2, 0) is 14.3 Å². The summed E-state index contributed by atoms with van der Waals surface area (Å²) >= 11 is 0. The molecule has 0 bridgehead atoms. The van der Waals surface area contributed by atoms with Crippen LogP contribution < -0.4 is 5.73 Å². The second kappa shape index (κ2) is 8.48. The number of esters is 1. The molecule has 0 aliphatic carbocycles. The van der Waals surface area contributed by atoms with E-state index in [1.54, 1.807) is 0 Å². The summed E-state index contributed by atoms with van der Waals surface area (Å²) in [6.45, 7) is 6.17. The van der Waals surface area contributed by atoms with Crippen molar-refractivity contribution < 1.29 is 14.3 Å². The summed E-state index contributed by atoms with van der Waals surface area (Å²) in [5, 5.41) is 0. The zero-order valence-electron chi connectivity index (χ0n) is 11.7. The van der Waals surface area contributed by atoms with Gasteiger partial charge in [-0.1, -0.05) is 13.8 Å². The van der Waals surface area contributed by atoms with Gasteiger partial charge in [0.1, 0.15) is 0 Å². The predicted octanol–water partition coefficient (Wildman–Crippen LogP) is 2.11. The van der Waals surface area contributed by atoms with E-state index in [1.807, 2.05) is 0 Å². The highest BCUT2D eigenvalue weighted by molar-refractivity contribution is 5.69. The second-order valence-corrected chi connectivity index (χ2v) is 5.58. The number of rotatable bonds is 8. The van der Waals surface area contributed by atoms with E-state index in [4.69, 9.17) is 15.2 Å². The van der Waals surface area contributed by atoms with Gasteiger partial charge in [0.2, 0.25) is 0 Å². The molecule has 1 heterocycles. The van der Waals surface area contributed by atoms with Gasteiger partial charge in [-0.3, -0.25) is 4.79 Å². The van der Waals surface area contributed by atoms with Crippen LogP contribution in [0.3, 0.4) is 0 Å². The van der Waals surface area contributed by atoms with Crippen LogP contribution in [0.2, 0.25) is 0 Å². The molecule has 0 saturated carbocycles. The molecule has 1 aliphatic rings.